The molecule has 0 unspecified atom stereocenters. The van der Waals surface area contributed by atoms with Gasteiger partial charge in [0.05, 0.1) is 18.6 Å². The van der Waals surface area contributed by atoms with Crippen molar-refractivity contribution in [3.05, 3.63) is 63.6 Å². The normalized spacial score (nSPS) is 10.9. The van der Waals surface area contributed by atoms with E-state index in [-0.39, 0.29) is 11.7 Å². The van der Waals surface area contributed by atoms with Crippen molar-refractivity contribution in [2.45, 2.75) is 19.1 Å². The molecule has 26 heavy (non-hydrogen) atoms. The van der Waals surface area contributed by atoms with Gasteiger partial charge in [-0.1, -0.05) is 36.2 Å². The fourth-order valence-corrected chi connectivity index (χ4v) is 3.55. The first-order chi connectivity index (χ1) is 12.6. The Morgan fingerprint density at radius 3 is 2.54 bits per heavy atom. The van der Waals surface area contributed by atoms with Gasteiger partial charge in [-0.05, 0) is 53.9 Å². The number of nitrogens with one attached hydrogen (secondary N) is 1. The van der Waals surface area contributed by atoms with Crippen molar-refractivity contribution in [3.8, 4) is 5.75 Å². The van der Waals surface area contributed by atoms with E-state index in [4.69, 9.17) is 27.9 Å². The number of rotatable bonds is 9. The first kappa shape index (κ1) is 20.6. The standard InChI is InChI=1S/C19H20Cl2N2O2S/c1-2-10-25-15-8-6-14(7-9-15)11-22-23-19(24)13-26-12-16-17(20)4-3-5-18(16)21/h3-9,11H,2,10,12-13H2,1H3,(H,23,24)/b22-11-. The van der Waals surface area contributed by atoms with Gasteiger partial charge in [-0.2, -0.15) is 5.10 Å². The summed E-state index contributed by atoms with van der Waals surface area (Å²) < 4.78 is 5.51. The Bertz CT molecular complexity index is 731. The Hall–Kier alpha value is -1.69. The van der Waals surface area contributed by atoms with Gasteiger partial charge in [0.15, 0.2) is 0 Å². The first-order valence-electron chi connectivity index (χ1n) is 8.15. The number of hydrazone groups is 1. The molecule has 0 aromatic heterocycles. The van der Waals surface area contributed by atoms with Crippen molar-refractivity contribution in [1.82, 2.24) is 5.43 Å². The maximum Gasteiger partial charge on any atom is 0.250 e. The van der Waals surface area contributed by atoms with Crippen molar-refractivity contribution in [3.63, 3.8) is 0 Å². The lowest BCUT2D eigenvalue weighted by Gasteiger charge is -2.06. The van der Waals surface area contributed by atoms with Crippen molar-refractivity contribution < 1.29 is 9.53 Å². The van der Waals surface area contributed by atoms with Gasteiger partial charge >= 0.3 is 0 Å². The van der Waals surface area contributed by atoms with Gasteiger partial charge in [-0.25, -0.2) is 5.43 Å². The van der Waals surface area contributed by atoms with Crippen LogP contribution >= 0.6 is 35.0 Å². The summed E-state index contributed by atoms with van der Waals surface area (Å²) in [6, 6.07) is 12.9. The fraction of sp³-hybridized carbons (Fsp3) is 0.263. The smallest absolute Gasteiger partial charge is 0.250 e. The van der Waals surface area contributed by atoms with Crippen LogP contribution < -0.4 is 10.2 Å². The zero-order chi connectivity index (χ0) is 18.8. The lowest BCUT2D eigenvalue weighted by molar-refractivity contribution is -0.118. The molecule has 138 valence electrons. The molecular weight excluding hydrogens is 391 g/mol. The second-order valence-corrected chi connectivity index (χ2v) is 7.20. The molecule has 1 amide bonds. The predicted molar refractivity (Wildman–Crippen MR) is 111 cm³/mol. The summed E-state index contributed by atoms with van der Waals surface area (Å²) in [6.07, 6.45) is 2.56. The number of amides is 1. The molecule has 0 fully saturated rings. The van der Waals surface area contributed by atoms with Crippen molar-refractivity contribution >= 4 is 47.1 Å². The molecule has 0 saturated carbocycles. The molecule has 0 saturated heterocycles. The summed E-state index contributed by atoms with van der Waals surface area (Å²) in [5.41, 5.74) is 4.22. The third-order valence-corrected chi connectivity index (χ3v) is 4.96. The Balaban J connectivity index is 1.73. The third kappa shape index (κ3) is 6.90. The molecule has 2 aromatic rings. The van der Waals surface area contributed by atoms with Crippen molar-refractivity contribution in [2.75, 3.05) is 12.4 Å². The third-order valence-electron chi connectivity index (χ3n) is 3.30. The fourth-order valence-electron chi connectivity index (χ4n) is 2.00. The number of nitrogens with zero attached hydrogens (tertiary/aromatic N) is 1. The van der Waals surface area contributed by atoms with E-state index in [1.165, 1.54) is 11.8 Å². The van der Waals surface area contributed by atoms with E-state index >= 15 is 0 Å². The summed E-state index contributed by atoms with van der Waals surface area (Å²) in [6.45, 7) is 2.76. The Labute approximate surface area is 167 Å². The van der Waals surface area contributed by atoms with Crippen LogP contribution in [0.25, 0.3) is 0 Å². The SMILES string of the molecule is CCCOc1ccc(/C=N\NC(=O)CSCc2c(Cl)cccc2Cl)cc1. The van der Waals surface area contributed by atoms with Gasteiger partial charge in [-0.15, -0.1) is 11.8 Å². The summed E-state index contributed by atoms with van der Waals surface area (Å²) >= 11 is 13.6. The van der Waals surface area contributed by atoms with Crippen LogP contribution in [0, 0.1) is 0 Å². The predicted octanol–water partition coefficient (Wildman–Crippen LogP) is 5.17. The first-order valence-corrected chi connectivity index (χ1v) is 10.1. The van der Waals surface area contributed by atoms with Crippen LogP contribution in [0.2, 0.25) is 10.0 Å². The minimum atomic E-state index is -0.183. The molecule has 0 aliphatic carbocycles. The maximum atomic E-state index is 11.8. The van der Waals surface area contributed by atoms with E-state index in [1.54, 1.807) is 24.4 Å². The largest absolute Gasteiger partial charge is 0.494 e. The molecule has 0 spiro atoms. The van der Waals surface area contributed by atoms with Crippen LogP contribution in [-0.2, 0) is 10.5 Å². The average molecular weight is 411 g/mol. The highest BCUT2D eigenvalue weighted by molar-refractivity contribution is 7.99. The topological polar surface area (TPSA) is 50.7 Å². The molecule has 7 heteroatoms. The van der Waals surface area contributed by atoms with Crippen molar-refractivity contribution in [2.24, 2.45) is 5.10 Å². The zero-order valence-corrected chi connectivity index (χ0v) is 16.7. The molecule has 4 nitrogen and oxygen atoms in total. The number of hydrogen-bond acceptors (Lipinski definition) is 4. The van der Waals surface area contributed by atoms with Crippen LogP contribution in [0.5, 0.6) is 5.75 Å². The van der Waals surface area contributed by atoms with E-state index in [1.807, 2.05) is 24.3 Å². The van der Waals surface area contributed by atoms with Gasteiger partial charge < -0.3 is 4.74 Å². The molecule has 0 atom stereocenters. The molecule has 0 aliphatic rings. The zero-order valence-electron chi connectivity index (χ0n) is 14.4. The average Bonchev–Trinajstić information content (AvgIpc) is 2.63. The van der Waals surface area contributed by atoms with Crippen LogP contribution in [0.4, 0.5) is 0 Å². The number of halogens is 2. The van der Waals surface area contributed by atoms with Crippen LogP contribution in [0.15, 0.2) is 47.6 Å². The number of benzene rings is 2. The van der Waals surface area contributed by atoms with E-state index in [2.05, 4.69) is 17.5 Å². The lowest BCUT2D eigenvalue weighted by atomic mass is 10.2. The Morgan fingerprint density at radius 2 is 1.88 bits per heavy atom. The lowest BCUT2D eigenvalue weighted by Crippen LogP contribution is -2.19. The quantitative estimate of drug-likeness (QED) is 0.458. The minimum Gasteiger partial charge on any atom is -0.494 e. The molecule has 0 aliphatic heterocycles. The summed E-state index contributed by atoms with van der Waals surface area (Å²) in [5, 5.41) is 5.18. The van der Waals surface area contributed by atoms with E-state index in [9.17, 15) is 4.79 Å². The highest BCUT2D eigenvalue weighted by atomic mass is 35.5. The van der Waals surface area contributed by atoms with Crippen LogP contribution in [0.3, 0.4) is 0 Å². The maximum absolute atomic E-state index is 11.8. The van der Waals surface area contributed by atoms with E-state index in [0.29, 0.717) is 22.4 Å². The summed E-state index contributed by atoms with van der Waals surface area (Å²) in [5.74, 6) is 1.47. The van der Waals surface area contributed by atoms with Gasteiger partial charge in [0.25, 0.3) is 0 Å². The monoisotopic (exact) mass is 410 g/mol. The second kappa shape index (κ2) is 11.1. The van der Waals surface area contributed by atoms with Gasteiger partial charge in [0.1, 0.15) is 5.75 Å². The van der Waals surface area contributed by atoms with Crippen LogP contribution in [-0.4, -0.2) is 24.5 Å². The van der Waals surface area contributed by atoms with E-state index < -0.39 is 0 Å². The number of ether oxygens (including phenoxy) is 1. The van der Waals surface area contributed by atoms with E-state index in [0.717, 1.165) is 23.3 Å². The number of carbonyl (C=O) groups excluding carboxylic acids is 1. The van der Waals surface area contributed by atoms with Gasteiger partial charge in [0.2, 0.25) is 5.91 Å². The Kier molecular flexibility index (Phi) is 8.81. The minimum absolute atomic E-state index is 0.183. The molecule has 2 aromatic carbocycles. The molecule has 2 rings (SSSR count). The highest BCUT2D eigenvalue weighted by Crippen LogP contribution is 2.28. The molecular formula is C19H20Cl2N2O2S. The summed E-state index contributed by atoms with van der Waals surface area (Å²) in [7, 11) is 0. The molecule has 0 bridgehead atoms. The van der Waals surface area contributed by atoms with Crippen LogP contribution in [0.1, 0.15) is 24.5 Å². The van der Waals surface area contributed by atoms with Gasteiger partial charge in [0, 0.05) is 15.8 Å². The second-order valence-electron chi connectivity index (χ2n) is 5.40. The number of hydrogen-bond donors (Lipinski definition) is 1. The number of thioether (sulfide) groups is 1. The molecule has 0 radical (unpaired) electrons. The number of carbonyl (C=O) groups is 1. The highest BCUT2D eigenvalue weighted by Gasteiger charge is 2.07. The van der Waals surface area contributed by atoms with Crippen molar-refractivity contribution in [1.29, 1.82) is 0 Å². The van der Waals surface area contributed by atoms with Gasteiger partial charge in [-0.3, -0.25) is 4.79 Å². The Morgan fingerprint density at radius 1 is 1.19 bits per heavy atom. The summed E-state index contributed by atoms with van der Waals surface area (Å²) in [4.78, 5) is 11.8. The molecule has 0 heterocycles. The molecule has 1 N–H and O–H groups in total.